The quantitative estimate of drug-likeness (QED) is 0.493. The summed E-state index contributed by atoms with van der Waals surface area (Å²) in [5.41, 5.74) is 3.28. The first-order valence-corrected chi connectivity index (χ1v) is 6.93. The molecule has 2 N–H and O–H groups in total. The van der Waals surface area contributed by atoms with E-state index in [1.54, 1.807) is 6.07 Å². The Morgan fingerprint density at radius 1 is 1.33 bits per heavy atom. The second-order valence-electron chi connectivity index (χ2n) is 5.61. The topological polar surface area (TPSA) is 148 Å². The SMILES string of the molecule is COC1(OC)N=C(N)[C@@]2(C#N)[C@H](c3cccc([N+](=O)[O-])c3)[C@@]12C#N. The van der Waals surface area contributed by atoms with Gasteiger partial charge in [0.25, 0.3) is 11.6 Å². The highest BCUT2D eigenvalue weighted by Crippen LogP contribution is 2.81. The maximum absolute atomic E-state index is 11.0. The van der Waals surface area contributed by atoms with Crippen molar-refractivity contribution in [3.05, 3.63) is 39.9 Å². The smallest absolute Gasteiger partial charge is 0.292 e. The predicted molar refractivity (Wildman–Crippen MR) is 80.3 cm³/mol. The van der Waals surface area contributed by atoms with Crippen molar-refractivity contribution in [1.82, 2.24) is 0 Å². The van der Waals surface area contributed by atoms with Gasteiger partial charge in [-0.3, -0.25) is 10.1 Å². The van der Waals surface area contributed by atoms with E-state index >= 15 is 0 Å². The molecule has 9 nitrogen and oxygen atoms in total. The number of nitrogens with zero attached hydrogens (tertiary/aromatic N) is 4. The van der Waals surface area contributed by atoms with Gasteiger partial charge in [-0.2, -0.15) is 10.5 Å². The number of nitriles is 2. The van der Waals surface area contributed by atoms with Gasteiger partial charge < -0.3 is 15.2 Å². The van der Waals surface area contributed by atoms with Crippen LogP contribution in [0.4, 0.5) is 5.69 Å². The van der Waals surface area contributed by atoms with E-state index in [4.69, 9.17) is 15.2 Å². The van der Waals surface area contributed by atoms with Gasteiger partial charge in [-0.1, -0.05) is 12.1 Å². The molecule has 2 aliphatic rings. The highest BCUT2D eigenvalue weighted by atomic mass is 16.7. The molecular formula is C15H13N5O4. The number of aliphatic imine (C=N–C) groups is 1. The van der Waals surface area contributed by atoms with Crippen LogP contribution < -0.4 is 5.73 Å². The fourth-order valence-electron chi connectivity index (χ4n) is 3.84. The van der Waals surface area contributed by atoms with Crippen LogP contribution in [0.15, 0.2) is 29.3 Å². The van der Waals surface area contributed by atoms with Gasteiger partial charge >= 0.3 is 0 Å². The van der Waals surface area contributed by atoms with E-state index in [0.717, 1.165) is 0 Å². The summed E-state index contributed by atoms with van der Waals surface area (Å²) in [6, 6.07) is 9.91. The number of amidine groups is 1. The van der Waals surface area contributed by atoms with Crippen LogP contribution in [0, 0.1) is 43.6 Å². The molecule has 0 radical (unpaired) electrons. The minimum Gasteiger partial charge on any atom is -0.386 e. The molecular weight excluding hydrogens is 314 g/mol. The first-order valence-electron chi connectivity index (χ1n) is 6.93. The number of nitro groups is 1. The highest BCUT2D eigenvalue weighted by molar-refractivity contribution is 6.00. The van der Waals surface area contributed by atoms with Crippen molar-refractivity contribution in [2.24, 2.45) is 21.6 Å². The fraction of sp³-hybridized carbons (Fsp3) is 0.400. The molecule has 0 amide bonds. The lowest BCUT2D eigenvalue weighted by Gasteiger charge is -2.29. The Morgan fingerprint density at radius 3 is 2.50 bits per heavy atom. The second-order valence-corrected chi connectivity index (χ2v) is 5.61. The maximum Gasteiger partial charge on any atom is 0.292 e. The number of fused-ring (bicyclic) bond motifs is 1. The summed E-state index contributed by atoms with van der Waals surface area (Å²) in [4.78, 5) is 14.6. The first-order chi connectivity index (χ1) is 11.4. The van der Waals surface area contributed by atoms with E-state index in [0.29, 0.717) is 5.56 Å². The Kier molecular flexibility index (Phi) is 3.14. The normalized spacial score (nSPS) is 32.2. The number of ether oxygens (including phenoxy) is 2. The largest absolute Gasteiger partial charge is 0.386 e. The van der Waals surface area contributed by atoms with Crippen molar-refractivity contribution in [1.29, 1.82) is 10.5 Å². The maximum atomic E-state index is 11.0. The van der Waals surface area contributed by atoms with Crippen LogP contribution >= 0.6 is 0 Å². The average Bonchev–Trinajstić information content (AvgIpc) is 3.18. The standard InChI is InChI=1S/C15H13N5O4/c1-23-15(24-2)14(8-17)11(13(14,7-16)12(18)19-15)9-4-3-5-10(6-9)20(21)22/h3-6,11H,1-2H3,(H2,18,19)/t11-,13+,14+/m0/s1. The molecule has 1 aromatic rings. The molecule has 24 heavy (non-hydrogen) atoms. The highest BCUT2D eigenvalue weighted by Gasteiger charge is 2.93. The average molecular weight is 327 g/mol. The van der Waals surface area contributed by atoms with E-state index in [1.807, 2.05) is 0 Å². The second kappa shape index (κ2) is 4.74. The van der Waals surface area contributed by atoms with Crippen molar-refractivity contribution in [3.63, 3.8) is 0 Å². The monoisotopic (exact) mass is 327 g/mol. The molecule has 0 bridgehead atoms. The van der Waals surface area contributed by atoms with Gasteiger partial charge in [0.1, 0.15) is 11.3 Å². The first kappa shape index (κ1) is 15.9. The summed E-state index contributed by atoms with van der Waals surface area (Å²) < 4.78 is 10.7. The van der Waals surface area contributed by atoms with Crippen LogP contribution in [0.3, 0.4) is 0 Å². The van der Waals surface area contributed by atoms with E-state index in [2.05, 4.69) is 17.1 Å². The van der Waals surface area contributed by atoms with Gasteiger partial charge in [-0.05, 0) is 5.56 Å². The van der Waals surface area contributed by atoms with Crippen LogP contribution in [-0.4, -0.2) is 30.9 Å². The van der Waals surface area contributed by atoms with Crippen LogP contribution in [0.1, 0.15) is 11.5 Å². The number of rotatable bonds is 4. The van der Waals surface area contributed by atoms with Crippen molar-refractivity contribution in [2.75, 3.05) is 14.2 Å². The minimum atomic E-state index is -1.74. The fourth-order valence-corrected chi connectivity index (χ4v) is 3.84. The molecule has 1 aromatic carbocycles. The summed E-state index contributed by atoms with van der Waals surface area (Å²) in [6.45, 7) is 0. The third-order valence-electron chi connectivity index (χ3n) is 4.90. The van der Waals surface area contributed by atoms with Gasteiger partial charge in [0, 0.05) is 32.3 Å². The lowest BCUT2D eigenvalue weighted by atomic mass is 9.93. The van der Waals surface area contributed by atoms with Crippen molar-refractivity contribution >= 4 is 11.5 Å². The van der Waals surface area contributed by atoms with Crippen molar-refractivity contribution < 1.29 is 14.4 Å². The number of nitro benzene ring substituents is 1. The molecule has 1 fully saturated rings. The third-order valence-corrected chi connectivity index (χ3v) is 4.90. The summed E-state index contributed by atoms with van der Waals surface area (Å²) in [7, 11) is 2.60. The summed E-state index contributed by atoms with van der Waals surface area (Å²) >= 11 is 0. The molecule has 1 aliphatic heterocycles. The number of hydrogen-bond acceptors (Lipinski definition) is 8. The third kappa shape index (κ3) is 1.41. The lowest BCUT2D eigenvalue weighted by molar-refractivity contribution is -0.384. The number of hydrogen-bond donors (Lipinski definition) is 1. The van der Waals surface area contributed by atoms with Gasteiger partial charge in [0.15, 0.2) is 5.41 Å². The van der Waals surface area contributed by atoms with Crippen molar-refractivity contribution in [3.8, 4) is 12.1 Å². The van der Waals surface area contributed by atoms with Crippen molar-refractivity contribution in [2.45, 2.75) is 11.8 Å². The Hall–Kier alpha value is -3.01. The number of methoxy groups -OCH3 is 2. The van der Waals surface area contributed by atoms with Crippen LogP contribution in [0.2, 0.25) is 0 Å². The van der Waals surface area contributed by atoms with Gasteiger partial charge in [0.05, 0.1) is 17.1 Å². The minimum absolute atomic E-state index is 0.0771. The Labute approximate surface area is 137 Å². The van der Waals surface area contributed by atoms with E-state index in [9.17, 15) is 20.6 Å². The molecule has 9 heteroatoms. The summed E-state index contributed by atoms with van der Waals surface area (Å²) in [5, 5.41) is 30.6. The molecule has 0 aromatic heterocycles. The number of nitrogens with two attached hydrogens (primary N) is 1. The van der Waals surface area contributed by atoms with Gasteiger partial charge in [-0.25, -0.2) is 4.99 Å². The Balaban J connectivity index is 2.24. The van der Waals surface area contributed by atoms with E-state index in [-0.39, 0.29) is 11.5 Å². The number of non-ortho nitro benzene ring substituents is 1. The van der Waals surface area contributed by atoms with E-state index < -0.39 is 27.6 Å². The molecule has 1 aliphatic carbocycles. The number of benzene rings is 1. The molecule has 3 atom stereocenters. The molecule has 0 saturated heterocycles. The lowest BCUT2D eigenvalue weighted by Crippen LogP contribution is -2.41. The Bertz CT molecular complexity index is 850. The van der Waals surface area contributed by atoms with Gasteiger partial charge in [-0.15, -0.1) is 0 Å². The summed E-state index contributed by atoms with van der Waals surface area (Å²) in [6.07, 6.45) is 0. The van der Waals surface area contributed by atoms with Crippen LogP contribution in [0.5, 0.6) is 0 Å². The van der Waals surface area contributed by atoms with E-state index in [1.165, 1.54) is 32.4 Å². The predicted octanol–water partition coefficient (Wildman–Crippen LogP) is 1.03. The molecule has 1 saturated carbocycles. The molecule has 122 valence electrons. The Morgan fingerprint density at radius 2 is 2.00 bits per heavy atom. The van der Waals surface area contributed by atoms with Gasteiger partial charge in [0.2, 0.25) is 0 Å². The molecule has 3 rings (SSSR count). The van der Waals surface area contributed by atoms with Crippen LogP contribution in [0.25, 0.3) is 0 Å². The zero-order valence-corrected chi connectivity index (χ0v) is 12.9. The molecule has 0 unspecified atom stereocenters. The summed E-state index contributed by atoms with van der Waals surface area (Å²) in [5.74, 6) is -2.57. The zero-order chi connectivity index (χ0) is 17.8. The van der Waals surface area contributed by atoms with Crippen LogP contribution in [-0.2, 0) is 9.47 Å². The zero-order valence-electron chi connectivity index (χ0n) is 12.9. The molecule has 1 heterocycles. The molecule has 0 spiro atoms.